The molecular weight excluding hydrogens is 166 g/mol. The smallest absolute Gasteiger partial charge is 0.100 e. The van der Waals surface area contributed by atoms with E-state index in [1.807, 2.05) is 11.4 Å². The Morgan fingerprint density at radius 2 is 2.17 bits per heavy atom. The van der Waals surface area contributed by atoms with E-state index >= 15 is 0 Å². The summed E-state index contributed by atoms with van der Waals surface area (Å²) in [4.78, 5) is 1.18. The average Bonchev–Trinajstić information content (AvgIpc) is 2.32. The summed E-state index contributed by atoms with van der Waals surface area (Å²) in [7, 11) is 0. The van der Waals surface area contributed by atoms with Gasteiger partial charge in [-0.1, -0.05) is 20.8 Å². The summed E-state index contributed by atoms with van der Waals surface area (Å²) in [6, 6.07) is 4.05. The third kappa shape index (κ3) is 2.67. The second-order valence-corrected chi connectivity index (χ2v) is 4.80. The third-order valence-corrected chi connectivity index (χ3v) is 2.20. The van der Waals surface area contributed by atoms with E-state index < -0.39 is 0 Å². The Balaban J connectivity index is 2.72. The first-order valence-corrected chi connectivity index (χ1v) is 4.74. The number of nitriles is 1. The molecule has 0 saturated heterocycles. The number of nitrogens with zero attached hydrogens (tertiary/aromatic N) is 1. The standard InChI is InChI=1S/C10H12NS/c1-10(2,3)5-9-4-8(6-11)7-12-9/h4-5,7H,1-3H3. The number of rotatable bonds is 1. The third-order valence-electron chi connectivity index (χ3n) is 1.32. The van der Waals surface area contributed by atoms with E-state index in [-0.39, 0.29) is 5.41 Å². The molecule has 0 aliphatic rings. The van der Waals surface area contributed by atoms with Crippen molar-refractivity contribution in [3.05, 3.63) is 28.3 Å². The molecule has 1 heterocycles. The Bertz CT molecular complexity index is 298. The highest BCUT2D eigenvalue weighted by molar-refractivity contribution is 7.10. The summed E-state index contributed by atoms with van der Waals surface area (Å²) in [5, 5.41) is 10.5. The fourth-order valence-corrected chi connectivity index (χ4v) is 1.91. The van der Waals surface area contributed by atoms with Crippen LogP contribution >= 0.6 is 11.3 Å². The van der Waals surface area contributed by atoms with E-state index in [2.05, 4.69) is 33.3 Å². The average molecular weight is 178 g/mol. The van der Waals surface area contributed by atoms with Gasteiger partial charge in [-0.2, -0.15) is 5.26 Å². The lowest BCUT2D eigenvalue weighted by Crippen LogP contribution is -2.04. The molecule has 2 heteroatoms. The SMILES string of the molecule is CC(C)(C)[CH]c1cc(C#N)cs1. The topological polar surface area (TPSA) is 23.8 Å². The highest BCUT2D eigenvalue weighted by atomic mass is 32.1. The second-order valence-electron chi connectivity index (χ2n) is 3.86. The van der Waals surface area contributed by atoms with Crippen molar-refractivity contribution in [2.75, 3.05) is 0 Å². The molecule has 0 fully saturated rings. The van der Waals surface area contributed by atoms with Crippen LogP contribution in [0.25, 0.3) is 0 Å². The van der Waals surface area contributed by atoms with Crippen LogP contribution in [0.5, 0.6) is 0 Å². The number of hydrogen-bond acceptors (Lipinski definition) is 2. The van der Waals surface area contributed by atoms with E-state index in [0.717, 1.165) is 5.56 Å². The normalized spacial score (nSPS) is 11.2. The van der Waals surface area contributed by atoms with Gasteiger partial charge in [0, 0.05) is 16.7 Å². The highest BCUT2D eigenvalue weighted by Crippen LogP contribution is 2.26. The van der Waals surface area contributed by atoms with Gasteiger partial charge in [-0.3, -0.25) is 0 Å². The van der Waals surface area contributed by atoms with Crippen molar-refractivity contribution in [1.29, 1.82) is 5.26 Å². The molecule has 0 aliphatic carbocycles. The zero-order valence-corrected chi connectivity index (χ0v) is 8.40. The van der Waals surface area contributed by atoms with Crippen LogP contribution in [0.4, 0.5) is 0 Å². The van der Waals surface area contributed by atoms with Gasteiger partial charge in [-0.05, 0) is 11.5 Å². The summed E-state index contributed by atoms with van der Waals surface area (Å²) >= 11 is 1.62. The van der Waals surface area contributed by atoms with Crippen molar-refractivity contribution >= 4 is 11.3 Å². The van der Waals surface area contributed by atoms with Crippen molar-refractivity contribution < 1.29 is 0 Å². The summed E-state index contributed by atoms with van der Waals surface area (Å²) in [5.41, 5.74) is 0.952. The summed E-state index contributed by atoms with van der Waals surface area (Å²) in [6.45, 7) is 6.45. The molecule has 0 atom stereocenters. The molecule has 0 bridgehead atoms. The molecule has 1 aromatic rings. The lowest BCUT2D eigenvalue weighted by Gasteiger charge is -2.15. The van der Waals surface area contributed by atoms with Gasteiger partial charge in [0.05, 0.1) is 5.56 Å². The van der Waals surface area contributed by atoms with Gasteiger partial charge in [0.2, 0.25) is 0 Å². The fourth-order valence-electron chi connectivity index (χ4n) is 0.914. The minimum atomic E-state index is 0.192. The first-order chi connectivity index (χ1) is 5.51. The predicted octanol–water partition coefficient (Wildman–Crippen LogP) is 3.22. The Hall–Kier alpha value is -0.810. The molecule has 1 radical (unpaired) electrons. The molecule has 0 aromatic carbocycles. The van der Waals surface area contributed by atoms with Crippen LogP contribution in [0, 0.1) is 23.2 Å². The van der Waals surface area contributed by atoms with Crippen LogP contribution < -0.4 is 0 Å². The van der Waals surface area contributed by atoms with Crippen molar-refractivity contribution in [3.8, 4) is 6.07 Å². The van der Waals surface area contributed by atoms with Gasteiger partial charge in [0.25, 0.3) is 0 Å². The Morgan fingerprint density at radius 1 is 1.50 bits per heavy atom. The van der Waals surface area contributed by atoms with E-state index in [0.29, 0.717) is 0 Å². The monoisotopic (exact) mass is 178 g/mol. The van der Waals surface area contributed by atoms with Crippen LogP contribution in [0.1, 0.15) is 31.2 Å². The van der Waals surface area contributed by atoms with E-state index in [4.69, 9.17) is 5.26 Å². The van der Waals surface area contributed by atoms with Crippen LogP contribution in [0.3, 0.4) is 0 Å². The van der Waals surface area contributed by atoms with E-state index in [1.165, 1.54) is 4.88 Å². The molecule has 0 amide bonds. The molecule has 12 heavy (non-hydrogen) atoms. The maximum atomic E-state index is 8.59. The van der Waals surface area contributed by atoms with E-state index in [1.54, 1.807) is 11.3 Å². The number of thiophene rings is 1. The zero-order chi connectivity index (χ0) is 9.19. The van der Waals surface area contributed by atoms with E-state index in [9.17, 15) is 0 Å². The summed E-state index contributed by atoms with van der Waals surface area (Å²) in [5.74, 6) is 0. The quantitative estimate of drug-likeness (QED) is 0.647. The minimum Gasteiger partial charge on any atom is -0.192 e. The second kappa shape index (κ2) is 3.28. The fraction of sp³-hybridized carbons (Fsp3) is 0.400. The van der Waals surface area contributed by atoms with Crippen molar-refractivity contribution in [1.82, 2.24) is 0 Å². The Labute approximate surface area is 77.7 Å². The lowest BCUT2D eigenvalue weighted by molar-refractivity contribution is 0.508. The molecule has 0 aliphatic heterocycles. The summed E-state index contributed by atoms with van der Waals surface area (Å²) < 4.78 is 0. The van der Waals surface area contributed by atoms with Crippen molar-refractivity contribution in [2.45, 2.75) is 20.8 Å². The molecule has 63 valence electrons. The van der Waals surface area contributed by atoms with Crippen LogP contribution in [-0.4, -0.2) is 0 Å². The van der Waals surface area contributed by atoms with Gasteiger partial charge in [-0.15, -0.1) is 11.3 Å². The maximum absolute atomic E-state index is 8.59. The zero-order valence-electron chi connectivity index (χ0n) is 7.59. The molecule has 1 rings (SSSR count). The van der Waals surface area contributed by atoms with Crippen LogP contribution in [0.15, 0.2) is 11.4 Å². The van der Waals surface area contributed by atoms with Gasteiger partial charge in [0.15, 0.2) is 0 Å². The maximum Gasteiger partial charge on any atom is 0.100 e. The van der Waals surface area contributed by atoms with Gasteiger partial charge < -0.3 is 0 Å². The highest BCUT2D eigenvalue weighted by Gasteiger charge is 2.12. The summed E-state index contributed by atoms with van der Waals surface area (Å²) in [6.07, 6.45) is 2.18. The van der Waals surface area contributed by atoms with Crippen molar-refractivity contribution in [2.24, 2.45) is 5.41 Å². The molecule has 0 N–H and O–H groups in total. The van der Waals surface area contributed by atoms with Crippen LogP contribution in [0.2, 0.25) is 0 Å². The first-order valence-electron chi connectivity index (χ1n) is 3.86. The predicted molar refractivity (Wildman–Crippen MR) is 51.9 cm³/mol. The molecule has 1 nitrogen and oxygen atoms in total. The minimum absolute atomic E-state index is 0.192. The van der Waals surface area contributed by atoms with Crippen molar-refractivity contribution in [3.63, 3.8) is 0 Å². The number of hydrogen-bond donors (Lipinski definition) is 0. The van der Waals surface area contributed by atoms with Gasteiger partial charge >= 0.3 is 0 Å². The molecule has 0 unspecified atom stereocenters. The first kappa shape index (κ1) is 9.28. The molecule has 0 saturated carbocycles. The Kier molecular flexibility index (Phi) is 2.54. The Morgan fingerprint density at radius 3 is 2.58 bits per heavy atom. The molecule has 1 aromatic heterocycles. The molecule has 0 spiro atoms. The van der Waals surface area contributed by atoms with Crippen LogP contribution in [-0.2, 0) is 0 Å². The molecular formula is C10H12NS. The van der Waals surface area contributed by atoms with Gasteiger partial charge in [0.1, 0.15) is 6.07 Å². The largest absolute Gasteiger partial charge is 0.192 e. The lowest BCUT2D eigenvalue weighted by atomic mass is 9.91. The van der Waals surface area contributed by atoms with Gasteiger partial charge in [-0.25, -0.2) is 0 Å².